The number of benzene rings is 1. The average molecular weight is 248 g/mol. The van der Waals surface area contributed by atoms with Crippen LogP contribution in [0.1, 0.15) is 5.69 Å². The minimum Gasteiger partial charge on any atom is -0.306 e. The molecule has 2 rings (SSSR count). The number of aromatic nitrogens is 2. The van der Waals surface area contributed by atoms with Crippen LogP contribution < -0.4 is 5.32 Å². The van der Waals surface area contributed by atoms with E-state index in [1.165, 1.54) is 0 Å². The van der Waals surface area contributed by atoms with E-state index < -0.39 is 0 Å². The molecule has 0 saturated heterocycles. The number of nitrogens with one attached hydrogen (secondary N) is 1. The van der Waals surface area contributed by atoms with Gasteiger partial charge in [-0.05, 0) is 18.2 Å². The maximum absolute atomic E-state index is 5.66. The van der Waals surface area contributed by atoms with Crippen LogP contribution in [0, 0.1) is 0 Å². The minimum absolute atomic E-state index is 0.597. The Morgan fingerprint density at radius 3 is 2.76 bits per heavy atom. The molecule has 0 aliphatic rings. The summed E-state index contributed by atoms with van der Waals surface area (Å²) < 4.78 is 1.85. The molecule has 88 valence electrons. The van der Waals surface area contributed by atoms with E-state index in [9.17, 15) is 0 Å². The number of para-hydroxylation sites is 1. The van der Waals surface area contributed by atoms with E-state index in [4.69, 9.17) is 11.6 Å². The second-order valence-corrected chi connectivity index (χ2v) is 4.24. The largest absolute Gasteiger partial charge is 0.306 e. The molecule has 1 aromatic carbocycles. The fourth-order valence-electron chi connectivity index (χ4n) is 1.51. The Labute approximate surface area is 106 Å². The van der Waals surface area contributed by atoms with E-state index in [1.54, 1.807) is 0 Å². The van der Waals surface area contributed by atoms with Crippen LogP contribution in [-0.4, -0.2) is 16.3 Å². The zero-order chi connectivity index (χ0) is 12.1. The zero-order valence-corrected chi connectivity index (χ0v) is 10.2. The summed E-state index contributed by atoms with van der Waals surface area (Å²) in [7, 11) is 0. The van der Waals surface area contributed by atoms with E-state index in [2.05, 4.69) is 17.0 Å². The first-order chi connectivity index (χ1) is 8.25. The molecule has 0 saturated carbocycles. The number of hydrogen-bond donors (Lipinski definition) is 1. The van der Waals surface area contributed by atoms with Crippen LogP contribution in [0.25, 0.3) is 5.69 Å². The molecule has 1 aromatic heterocycles. The van der Waals surface area contributed by atoms with Crippen LogP contribution in [0.3, 0.4) is 0 Å². The van der Waals surface area contributed by atoms with Crippen molar-refractivity contribution in [2.45, 2.75) is 6.54 Å². The highest BCUT2D eigenvalue weighted by molar-refractivity contribution is 6.29. The van der Waals surface area contributed by atoms with Gasteiger partial charge in [0.05, 0.1) is 11.4 Å². The fourth-order valence-corrected chi connectivity index (χ4v) is 1.60. The molecular formula is C13H14ClN3. The van der Waals surface area contributed by atoms with Gasteiger partial charge in [0, 0.05) is 24.3 Å². The van der Waals surface area contributed by atoms with Crippen LogP contribution in [0.5, 0.6) is 0 Å². The first-order valence-electron chi connectivity index (χ1n) is 5.39. The summed E-state index contributed by atoms with van der Waals surface area (Å²) in [5.41, 5.74) is 2.03. The number of hydrogen-bond acceptors (Lipinski definition) is 2. The van der Waals surface area contributed by atoms with Crippen molar-refractivity contribution in [2.75, 3.05) is 6.54 Å². The molecule has 0 spiro atoms. The summed E-state index contributed by atoms with van der Waals surface area (Å²) in [6, 6.07) is 12.0. The highest BCUT2D eigenvalue weighted by Gasteiger charge is 2.00. The van der Waals surface area contributed by atoms with Crippen LogP contribution in [-0.2, 0) is 6.54 Å². The van der Waals surface area contributed by atoms with Gasteiger partial charge in [0.15, 0.2) is 0 Å². The second kappa shape index (κ2) is 5.66. The lowest BCUT2D eigenvalue weighted by molar-refractivity contribution is 0.717. The SMILES string of the molecule is C=C(Cl)CNCc1ccn(-c2ccccc2)n1. The lowest BCUT2D eigenvalue weighted by Gasteiger charge is -2.01. The van der Waals surface area contributed by atoms with Crippen molar-refractivity contribution >= 4 is 11.6 Å². The standard InChI is InChI=1S/C13H14ClN3/c1-11(14)9-15-10-12-7-8-17(16-12)13-5-3-2-4-6-13/h2-8,15H,1,9-10H2. The normalized spacial score (nSPS) is 10.4. The Morgan fingerprint density at radius 1 is 1.29 bits per heavy atom. The van der Waals surface area contributed by atoms with Gasteiger partial charge in [-0.15, -0.1) is 0 Å². The van der Waals surface area contributed by atoms with Crippen LogP contribution >= 0.6 is 11.6 Å². The van der Waals surface area contributed by atoms with Crippen molar-refractivity contribution in [3.8, 4) is 5.69 Å². The van der Waals surface area contributed by atoms with Gasteiger partial charge in [-0.25, -0.2) is 4.68 Å². The molecule has 1 N–H and O–H groups in total. The minimum atomic E-state index is 0.597. The van der Waals surface area contributed by atoms with Crippen LogP contribution in [0.15, 0.2) is 54.2 Å². The van der Waals surface area contributed by atoms with Crippen molar-refractivity contribution in [1.29, 1.82) is 0 Å². The van der Waals surface area contributed by atoms with Crippen molar-refractivity contribution in [3.05, 3.63) is 59.9 Å². The van der Waals surface area contributed by atoms with Crippen molar-refractivity contribution in [2.24, 2.45) is 0 Å². The summed E-state index contributed by atoms with van der Waals surface area (Å²) in [6.45, 7) is 4.90. The van der Waals surface area contributed by atoms with Gasteiger partial charge < -0.3 is 5.32 Å². The lowest BCUT2D eigenvalue weighted by Crippen LogP contribution is -2.15. The quantitative estimate of drug-likeness (QED) is 0.881. The molecule has 0 aliphatic carbocycles. The molecule has 17 heavy (non-hydrogen) atoms. The maximum Gasteiger partial charge on any atom is 0.0766 e. The molecule has 0 fully saturated rings. The monoisotopic (exact) mass is 247 g/mol. The zero-order valence-electron chi connectivity index (χ0n) is 9.44. The summed E-state index contributed by atoms with van der Waals surface area (Å²) in [4.78, 5) is 0. The molecule has 4 heteroatoms. The Morgan fingerprint density at radius 2 is 2.06 bits per heavy atom. The van der Waals surface area contributed by atoms with Gasteiger partial charge in [-0.1, -0.05) is 36.4 Å². The fraction of sp³-hybridized carbons (Fsp3) is 0.154. The van der Waals surface area contributed by atoms with E-state index in [1.807, 2.05) is 47.3 Å². The van der Waals surface area contributed by atoms with Crippen molar-refractivity contribution in [3.63, 3.8) is 0 Å². The number of rotatable bonds is 5. The highest BCUT2D eigenvalue weighted by atomic mass is 35.5. The third-order valence-electron chi connectivity index (χ3n) is 2.29. The molecule has 0 aliphatic heterocycles. The molecule has 0 atom stereocenters. The van der Waals surface area contributed by atoms with Crippen LogP contribution in [0.4, 0.5) is 0 Å². The predicted octanol–water partition coefficient (Wildman–Crippen LogP) is 2.71. The molecular weight excluding hydrogens is 234 g/mol. The predicted molar refractivity (Wildman–Crippen MR) is 70.3 cm³/mol. The van der Waals surface area contributed by atoms with Crippen LogP contribution in [0.2, 0.25) is 0 Å². The van der Waals surface area contributed by atoms with Gasteiger partial charge in [-0.3, -0.25) is 0 Å². The van der Waals surface area contributed by atoms with E-state index in [0.717, 1.165) is 11.4 Å². The van der Waals surface area contributed by atoms with E-state index >= 15 is 0 Å². The lowest BCUT2D eigenvalue weighted by atomic mass is 10.3. The smallest absolute Gasteiger partial charge is 0.0766 e. The highest BCUT2D eigenvalue weighted by Crippen LogP contribution is 2.06. The van der Waals surface area contributed by atoms with Crippen molar-refractivity contribution < 1.29 is 0 Å². The molecule has 0 unspecified atom stereocenters. The summed E-state index contributed by atoms with van der Waals surface area (Å²) >= 11 is 5.66. The van der Waals surface area contributed by atoms with Gasteiger partial charge in [0.1, 0.15) is 0 Å². The number of halogens is 1. The van der Waals surface area contributed by atoms with Gasteiger partial charge >= 0.3 is 0 Å². The second-order valence-electron chi connectivity index (χ2n) is 3.71. The van der Waals surface area contributed by atoms with Crippen molar-refractivity contribution in [1.82, 2.24) is 15.1 Å². The van der Waals surface area contributed by atoms with Gasteiger partial charge in [0.2, 0.25) is 0 Å². The summed E-state index contributed by atoms with van der Waals surface area (Å²) in [5.74, 6) is 0. The van der Waals surface area contributed by atoms with E-state index in [-0.39, 0.29) is 0 Å². The molecule has 2 aromatic rings. The Kier molecular flexibility index (Phi) is 3.96. The molecule has 0 amide bonds. The Hall–Kier alpha value is -1.58. The Bertz CT molecular complexity index is 490. The molecule has 0 radical (unpaired) electrons. The van der Waals surface area contributed by atoms with E-state index in [0.29, 0.717) is 18.1 Å². The Balaban J connectivity index is 1.99. The van der Waals surface area contributed by atoms with Gasteiger partial charge in [0.25, 0.3) is 0 Å². The maximum atomic E-state index is 5.66. The molecule has 3 nitrogen and oxygen atoms in total. The molecule has 1 heterocycles. The molecule has 0 bridgehead atoms. The first-order valence-corrected chi connectivity index (χ1v) is 5.77. The summed E-state index contributed by atoms with van der Waals surface area (Å²) in [5, 5.41) is 8.22. The first kappa shape index (κ1) is 11.9. The third kappa shape index (κ3) is 3.44. The summed E-state index contributed by atoms with van der Waals surface area (Å²) in [6.07, 6.45) is 1.95. The average Bonchev–Trinajstić information content (AvgIpc) is 2.78. The third-order valence-corrected chi connectivity index (χ3v) is 2.42. The number of nitrogens with zero attached hydrogens (tertiary/aromatic N) is 2. The topological polar surface area (TPSA) is 29.9 Å². The van der Waals surface area contributed by atoms with Gasteiger partial charge in [-0.2, -0.15) is 5.10 Å².